The Kier molecular flexibility index (Phi) is 4.95. The van der Waals surface area contributed by atoms with Gasteiger partial charge < -0.3 is 15.0 Å². The Hall–Kier alpha value is -0.770. The normalized spacial score (nSPS) is 25.4. The zero-order chi connectivity index (χ0) is 14.8. The Balaban J connectivity index is 1.85. The topological polar surface area (TPSA) is 41.6 Å². The van der Waals surface area contributed by atoms with Gasteiger partial charge in [0.1, 0.15) is 5.60 Å². The number of amides is 1. The minimum atomic E-state index is -0.409. The SMILES string of the molecule is CC(NCC1CCCCN1C(=O)OC(C)(C)C)C1CC1. The molecule has 0 radical (unpaired) electrons. The average Bonchev–Trinajstić information content (AvgIpc) is 3.18. The predicted molar refractivity (Wildman–Crippen MR) is 80.8 cm³/mol. The average molecular weight is 282 g/mol. The van der Waals surface area contributed by atoms with Gasteiger partial charge in [0.25, 0.3) is 0 Å². The van der Waals surface area contributed by atoms with Crippen LogP contribution in [-0.4, -0.2) is 41.8 Å². The Labute approximate surface area is 123 Å². The van der Waals surface area contributed by atoms with Crippen LogP contribution in [0.3, 0.4) is 0 Å². The molecule has 1 N–H and O–H groups in total. The van der Waals surface area contributed by atoms with E-state index in [0.717, 1.165) is 31.8 Å². The zero-order valence-electron chi connectivity index (χ0n) is 13.4. The first-order chi connectivity index (χ1) is 9.37. The van der Waals surface area contributed by atoms with E-state index in [0.29, 0.717) is 12.1 Å². The van der Waals surface area contributed by atoms with Crippen LogP contribution in [0, 0.1) is 5.92 Å². The Bertz CT molecular complexity index is 334. The van der Waals surface area contributed by atoms with Crippen LogP contribution in [0.2, 0.25) is 0 Å². The van der Waals surface area contributed by atoms with E-state index in [1.54, 1.807) is 0 Å². The number of nitrogens with one attached hydrogen (secondary N) is 1. The maximum Gasteiger partial charge on any atom is 0.410 e. The fraction of sp³-hybridized carbons (Fsp3) is 0.938. The summed E-state index contributed by atoms with van der Waals surface area (Å²) in [6, 6.07) is 0.872. The van der Waals surface area contributed by atoms with Crippen LogP contribution in [0.5, 0.6) is 0 Å². The summed E-state index contributed by atoms with van der Waals surface area (Å²) in [6.45, 7) is 9.78. The molecule has 2 aliphatic rings. The third-order valence-electron chi connectivity index (χ3n) is 4.26. The fourth-order valence-electron chi connectivity index (χ4n) is 2.86. The largest absolute Gasteiger partial charge is 0.444 e. The van der Waals surface area contributed by atoms with Crippen molar-refractivity contribution >= 4 is 6.09 Å². The summed E-state index contributed by atoms with van der Waals surface area (Å²) in [6.07, 6.45) is 5.95. The van der Waals surface area contributed by atoms with Gasteiger partial charge in [-0.2, -0.15) is 0 Å². The van der Waals surface area contributed by atoms with Crippen molar-refractivity contribution in [3.05, 3.63) is 0 Å². The summed E-state index contributed by atoms with van der Waals surface area (Å²) in [4.78, 5) is 14.2. The summed E-state index contributed by atoms with van der Waals surface area (Å²) in [7, 11) is 0. The number of ether oxygens (including phenoxy) is 1. The van der Waals surface area contributed by atoms with Gasteiger partial charge in [-0.15, -0.1) is 0 Å². The molecule has 1 saturated heterocycles. The van der Waals surface area contributed by atoms with Crippen molar-refractivity contribution in [2.45, 2.75) is 77.5 Å². The molecule has 116 valence electrons. The number of hydrogen-bond acceptors (Lipinski definition) is 3. The fourth-order valence-corrected chi connectivity index (χ4v) is 2.86. The van der Waals surface area contributed by atoms with Crippen molar-refractivity contribution in [1.29, 1.82) is 0 Å². The molecule has 0 bridgehead atoms. The highest BCUT2D eigenvalue weighted by atomic mass is 16.6. The monoisotopic (exact) mass is 282 g/mol. The molecule has 1 aliphatic heterocycles. The van der Waals surface area contributed by atoms with Crippen LogP contribution < -0.4 is 5.32 Å². The molecule has 0 aromatic carbocycles. The van der Waals surface area contributed by atoms with Gasteiger partial charge in [0.2, 0.25) is 0 Å². The molecular weight excluding hydrogens is 252 g/mol. The van der Waals surface area contributed by atoms with Gasteiger partial charge in [-0.3, -0.25) is 0 Å². The summed E-state index contributed by atoms with van der Waals surface area (Å²) >= 11 is 0. The maximum atomic E-state index is 12.3. The second kappa shape index (κ2) is 6.33. The smallest absolute Gasteiger partial charge is 0.410 e. The summed E-state index contributed by atoms with van der Waals surface area (Å²) in [5.74, 6) is 0.855. The third-order valence-corrected chi connectivity index (χ3v) is 4.26. The highest BCUT2D eigenvalue weighted by molar-refractivity contribution is 5.68. The van der Waals surface area contributed by atoms with E-state index in [4.69, 9.17) is 4.74 Å². The quantitative estimate of drug-likeness (QED) is 0.861. The number of piperidine rings is 1. The molecule has 1 aliphatic carbocycles. The predicted octanol–water partition coefficient (Wildman–Crippen LogP) is 3.16. The summed E-state index contributed by atoms with van der Waals surface area (Å²) in [5, 5.41) is 3.61. The van der Waals surface area contributed by atoms with Crippen LogP contribution in [0.15, 0.2) is 0 Å². The van der Waals surface area contributed by atoms with E-state index < -0.39 is 5.60 Å². The minimum absolute atomic E-state index is 0.150. The summed E-state index contributed by atoms with van der Waals surface area (Å²) < 4.78 is 5.53. The van der Waals surface area contributed by atoms with Gasteiger partial charge in [-0.25, -0.2) is 4.79 Å². The van der Waals surface area contributed by atoms with Crippen molar-refractivity contribution in [2.24, 2.45) is 5.92 Å². The maximum absolute atomic E-state index is 12.3. The number of likely N-dealkylation sites (tertiary alicyclic amines) is 1. The first-order valence-corrected chi connectivity index (χ1v) is 8.10. The highest BCUT2D eigenvalue weighted by Gasteiger charge is 2.32. The third kappa shape index (κ3) is 4.65. The van der Waals surface area contributed by atoms with Gasteiger partial charge in [-0.1, -0.05) is 0 Å². The van der Waals surface area contributed by atoms with Crippen LogP contribution in [-0.2, 0) is 4.74 Å². The van der Waals surface area contributed by atoms with Crippen molar-refractivity contribution in [3.8, 4) is 0 Å². The van der Waals surface area contributed by atoms with Crippen LogP contribution in [0.25, 0.3) is 0 Å². The van der Waals surface area contributed by atoms with Gasteiger partial charge in [0.05, 0.1) is 0 Å². The van der Waals surface area contributed by atoms with E-state index in [1.807, 2.05) is 25.7 Å². The van der Waals surface area contributed by atoms with E-state index >= 15 is 0 Å². The lowest BCUT2D eigenvalue weighted by atomic mass is 10.0. The summed E-state index contributed by atoms with van der Waals surface area (Å²) in [5.41, 5.74) is -0.409. The molecule has 1 heterocycles. The molecule has 20 heavy (non-hydrogen) atoms. The van der Waals surface area contributed by atoms with Crippen molar-refractivity contribution in [3.63, 3.8) is 0 Å². The second-order valence-electron chi connectivity index (χ2n) is 7.36. The van der Waals surface area contributed by atoms with E-state index in [1.165, 1.54) is 19.3 Å². The van der Waals surface area contributed by atoms with E-state index in [-0.39, 0.29) is 6.09 Å². The molecule has 0 spiro atoms. The molecule has 1 amide bonds. The molecule has 4 nitrogen and oxygen atoms in total. The Morgan fingerprint density at radius 3 is 2.60 bits per heavy atom. The first kappa shape index (κ1) is 15.6. The number of carbonyl (C=O) groups is 1. The van der Waals surface area contributed by atoms with Crippen molar-refractivity contribution < 1.29 is 9.53 Å². The molecule has 2 unspecified atom stereocenters. The van der Waals surface area contributed by atoms with Crippen molar-refractivity contribution in [1.82, 2.24) is 10.2 Å². The number of carbonyl (C=O) groups excluding carboxylic acids is 1. The minimum Gasteiger partial charge on any atom is -0.444 e. The standard InChI is InChI=1S/C16H30N2O2/c1-12(13-8-9-13)17-11-14-7-5-6-10-18(14)15(19)20-16(2,3)4/h12-14,17H,5-11H2,1-4H3. The Morgan fingerprint density at radius 2 is 2.00 bits per heavy atom. The molecule has 0 aromatic rings. The number of hydrogen-bond donors (Lipinski definition) is 1. The van der Waals surface area contributed by atoms with Crippen molar-refractivity contribution in [2.75, 3.05) is 13.1 Å². The van der Waals surface area contributed by atoms with Gasteiger partial charge in [0, 0.05) is 25.2 Å². The molecule has 2 atom stereocenters. The second-order valence-corrected chi connectivity index (χ2v) is 7.36. The molecule has 4 heteroatoms. The van der Waals surface area contributed by atoms with Gasteiger partial charge in [-0.05, 0) is 65.7 Å². The van der Waals surface area contributed by atoms with E-state index in [9.17, 15) is 4.79 Å². The lowest BCUT2D eigenvalue weighted by Gasteiger charge is -2.37. The first-order valence-electron chi connectivity index (χ1n) is 8.10. The molecule has 1 saturated carbocycles. The molecule has 2 fully saturated rings. The number of nitrogens with zero attached hydrogens (tertiary/aromatic N) is 1. The lowest BCUT2D eigenvalue weighted by Crippen LogP contribution is -2.51. The lowest BCUT2D eigenvalue weighted by molar-refractivity contribution is 0.00964. The van der Waals surface area contributed by atoms with Crippen LogP contribution >= 0.6 is 0 Å². The molecular formula is C16H30N2O2. The number of rotatable bonds is 4. The molecule has 0 aromatic heterocycles. The van der Waals surface area contributed by atoms with Crippen LogP contribution in [0.1, 0.15) is 59.8 Å². The highest BCUT2D eigenvalue weighted by Crippen LogP contribution is 2.32. The molecule has 2 rings (SSSR count). The zero-order valence-corrected chi connectivity index (χ0v) is 13.4. The van der Waals surface area contributed by atoms with Gasteiger partial charge in [0.15, 0.2) is 0 Å². The van der Waals surface area contributed by atoms with Gasteiger partial charge >= 0.3 is 6.09 Å². The Morgan fingerprint density at radius 1 is 1.30 bits per heavy atom. The van der Waals surface area contributed by atoms with E-state index in [2.05, 4.69) is 12.2 Å². The van der Waals surface area contributed by atoms with Crippen LogP contribution in [0.4, 0.5) is 4.79 Å².